The number of likely N-dealkylation sites (tertiary alicyclic amines) is 1. The van der Waals surface area contributed by atoms with Crippen LogP contribution >= 0.6 is 0 Å². The number of likely N-dealkylation sites (N-methyl/N-ethyl adjacent to an activating group) is 1. The fraction of sp³-hybridized carbons (Fsp3) is 0.500. The highest BCUT2D eigenvalue weighted by Gasteiger charge is 2.28. The molecule has 1 aromatic rings. The van der Waals surface area contributed by atoms with Crippen LogP contribution in [0.3, 0.4) is 0 Å². The second-order valence-corrected chi connectivity index (χ2v) is 8.86. The minimum absolute atomic E-state index is 0.0642. The van der Waals surface area contributed by atoms with E-state index in [2.05, 4.69) is 0 Å². The van der Waals surface area contributed by atoms with Gasteiger partial charge in [-0.05, 0) is 31.0 Å². The summed E-state index contributed by atoms with van der Waals surface area (Å²) in [5.41, 5.74) is 0.199. The fourth-order valence-corrected chi connectivity index (χ4v) is 3.89. The summed E-state index contributed by atoms with van der Waals surface area (Å²) in [5.74, 6) is -2.05. The molecule has 0 atom stereocenters. The second kappa shape index (κ2) is 8.51. The summed E-state index contributed by atoms with van der Waals surface area (Å²) in [6.07, 6.45) is 0.797. The van der Waals surface area contributed by atoms with Crippen molar-refractivity contribution in [2.24, 2.45) is 5.92 Å². The molecule has 0 saturated carbocycles. The quantitative estimate of drug-likeness (QED) is 0.764. The van der Waals surface area contributed by atoms with Gasteiger partial charge in [-0.2, -0.15) is 0 Å². The molecule has 0 radical (unpaired) electrons. The number of hydrogen-bond acceptors (Lipinski definition) is 5. The Bertz CT molecular complexity index is 828. The van der Waals surface area contributed by atoms with Crippen molar-refractivity contribution in [2.75, 3.05) is 32.4 Å². The second-order valence-electron chi connectivity index (χ2n) is 6.59. The summed E-state index contributed by atoms with van der Waals surface area (Å²) < 4.78 is 24.0. The number of nitrogens with zero attached hydrogens (tertiary/aromatic N) is 2. The largest absolute Gasteiger partial charge is 0.481 e. The lowest BCUT2D eigenvalue weighted by atomic mass is 9.97. The number of carbonyl (C=O) groups is 3. The first kappa shape index (κ1) is 20.9. The molecule has 1 N–H and O–H groups in total. The average Bonchev–Trinajstić information content (AvgIpc) is 2.67. The third kappa shape index (κ3) is 5.06. The van der Waals surface area contributed by atoms with Gasteiger partial charge in [0, 0.05) is 25.7 Å². The first-order chi connectivity index (χ1) is 12.7. The van der Waals surface area contributed by atoms with E-state index in [-0.39, 0.29) is 28.7 Å². The fourth-order valence-electron chi connectivity index (χ4n) is 2.96. The lowest BCUT2D eigenvalue weighted by molar-refractivity contribution is -0.145. The van der Waals surface area contributed by atoms with E-state index >= 15 is 0 Å². The Kier molecular flexibility index (Phi) is 6.59. The van der Waals surface area contributed by atoms with E-state index in [9.17, 15) is 22.8 Å². The first-order valence-corrected chi connectivity index (χ1v) is 10.4. The van der Waals surface area contributed by atoms with Crippen LogP contribution in [-0.2, 0) is 19.4 Å². The number of hydrogen-bond donors (Lipinski definition) is 1. The number of rotatable bonds is 6. The van der Waals surface area contributed by atoms with E-state index in [4.69, 9.17) is 5.11 Å². The maximum Gasteiger partial charge on any atom is 0.306 e. The molecule has 0 aliphatic carbocycles. The summed E-state index contributed by atoms with van der Waals surface area (Å²) >= 11 is 0. The van der Waals surface area contributed by atoms with Gasteiger partial charge in [0.05, 0.1) is 23.1 Å². The van der Waals surface area contributed by atoms with E-state index in [1.807, 2.05) is 0 Å². The Morgan fingerprint density at radius 1 is 1.22 bits per heavy atom. The van der Waals surface area contributed by atoms with Crippen LogP contribution in [0.4, 0.5) is 0 Å². The Hall–Kier alpha value is -2.42. The van der Waals surface area contributed by atoms with Gasteiger partial charge in [-0.1, -0.05) is 13.0 Å². The lowest BCUT2D eigenvalue weighted by Crippen LogP contribution is -2.45. The molecule has 2 amide bonds. The van der Waals surface area contributed by atoms with Crippen molar-refractivity contribution < 1.29 is 27.9 Å². The third-order valence-electron chi connectivity index (χ3n) is 4.74. The normalized spacial score (nSPS) is 15.4. The van der Waals surface area contributed by atoms with E-state index in [1.165, 1.54) is 43.1 Å². The van der Waals surface area contributed by atoms with Crippen LogP contribution in [-0.4, -0.2) is 73.5 Å². The maximum absolute atomic E-state index is 12.6. The van der Waals surface area contributed by atoms with Crippen LogP contribution in [0.5, 0.6) is 0 Å². The molecule has 148 valence electrons. The van der Waals surface area contributed by atoms with E-state index in [0.717, 1.165) is 0 Å². The molecule has 27 heavy (non-hydrogen) atoms. The molecule has 0 bridgehead atoms. The molecule has 1 aromatic carbocycles. The van der Waals surface area contributed by atoms with Crippen LogP contribution in [0.2, 0.25) is 0 Å². The van der Waals surface area contributed by atoms with Crippen LogP contribution in [0.1, 0.15) is 30.1 Å². The van der Waals surface area contributed by atoms with Gasteiger partial charge in [-0.15, -0.1) is 0 Å². The Morgan fingerprint density at radius 3 is 2.41 bits per heavy atom. The van der Waals surface area contributed by atoms with E-state index in [1.54, 1.807) is 4.90 Å². The summed E-state index contributed by atoms with van der Waals surface area (Å²) in [7, 11) is -1.95. The minimum atomic E-state index is -3.43. The topological polar surface area (TPSA) is 112 Å². The Morgan fingerprint density at radius 2 is 1.85 bits per heavy atom. The maximum atomic E-state index is 12.6. The minimum Gasteiger partial charge on any atom is -0.481 e. The lowest BCUT2D eigenvalue weighted by Gasteiger charge is -2.31. The summed E-state index contributed by atoms with van der Waals surface area (Å²) in [5, 5.41) is 9.01. The monoisotopic (exact) mass is 396 g/mol. The number of piperidine rings is 1. The molecule has 1 aliphatic heterocycles. The standard InChI is InChI=1S/C18H24N2O6S/c1-3-27(25,26)15-6-4-5-14(11-15)17(22)19(2)12-16(21)20-9-7-13(8-10-20)18(23)24/h4-6,11,13H,3,7-10,12H2,1-2H3,(H,23,24). The molecule has 2 rings (SSSR count). The zero-order valence-electron chi connectivity index (χ0n) is 15.4. The molecular weight excluding hydrogens is 372 g/mol. The van der Waals surface area contributed by atoms with Gasteiger partial charge >= 0.3 is 5.97 Å². The average molecular weight is 396 g/mol. The van der Waals surface area contributed by atoms with E-state index in [0.29, 0.717) is 25.9 Å². The molecule has 1 aliphatic rings. The number of amides is 2. The van der Waals surface area contributed by atoms with Crippen molar-refractivity contribution in [3.05, 3.63) is 29.8 Å². The smallest absolute Gasteiger partial charge is 0.306 e. The number of sulfone groups is 1. The number of benzene rings is 1. The number of carboxylic acid groups (broad SMARTS) is 1. The predicted molar refractivity (Wildman–Crippen MR) is 98.1 cm³/mol. The molecule has 1 fully saturated rings. The van der Waals surface area contributed by atoms with Crippen LogP contribution in [0, 0.1) is 5.92 Å². The molecule has 0 unspecified atom stereocenters. The van der Waals surface area contributed by atoms with Crippen molar-refractivity contribution in [1.29, 1.82) is 0 Å². The number of carboxylic acids is 1. The molecule has 8 nitrogen and oxygen atoms in total. The molecule has 0 spiro atoms. The molecule has 1 saturated heterocycles. The van der Waals surface area contributed by atoms with Gasteiger partial charge in [0.15, 0.2) is 9.84 Å². The number of carbonyl (C=O) groups excluding carboxylic acids is 2. The molecule has 9 heteroatoms. The van der Waals surface area contributed by atoms with Gasteiger partial charge in [-0.3, -0.25) is 14.4 Å². The highest BCUT2D eigenvalue weighted by molar-refractivity contribution is 7.91. The van der Waals surface area contributed by atoms with Crippen LogP contribution in [0.15, 0.2) is 29.2 Å². The highest BCUT2D eigenvalue weighted by atomic mass is 32.2. The van der Waals surface area contributed by atoms with Crippen molar-refractivity contribution in [3.8, 4) is 0 Å². The van der Waals surface area contributed by atoms with Crippen LogP contribution < -0.4 is 0 Å². The number of aliphatic carboxylic acids is 1. The van der Waals surface area contributed by atoms with Gasteiger partial charge in [0.2, 0.25) is 5.91 Å². The van der Waals surface area contributed by atoms with Crippen molar-refractivity contribution in [2.45, 2.75) is 24.7 Å². The summed E-state index contributed by atoms with van der Waals surface area (Å²) in [6, 6.07) is 5.77. The molecule has 1 heterocycles. The van der Waals surface area contributed by atoms with E-state index < -0.39 is 27.6 Å². The van der Waals surface area contributed by atoms with Crippen molar-refractivity contribution in [1.82, 2.24) is 9.80 Å². The zero-order valence-corrected chi connectivity index (χ0v) is 16.2. The third-order valence-corrected chi connectivity index (χ3v) is 6.47. The van der Waals surface area contributed by atoms with Crippen molar-refractivity contribution in [3.63, 3.8) is 0 Å². The highest BCUT2D eigenvalue weighted by Crippen LogP contribution is 2.18. The first-order valence-electron chi connectivity index (χ1n) is 8.74. The Balaban J connectivity index is 2.01. The summed E-state index contributed by atoms with van der Waals surface area (Å²) in [6.45, 7) is 2.08. The Labute approximate surface area is 158 Å². The van der Waals surface area contributed by atoms with Gasteiger partial charge in [0.1, 0.15) is 0 Å². The predicted octanol–water partition coefficient (Wildman–Crippen LogP) is 0.875. The van der Waals surface area contributed by atoms with Gasteiger partial charge in [-0.25, -0.2) is 8.42 Å². The SMILES string of the molecule is CCS(=O)(=O)c1cccc(C(=O)N(C)CC(=O)N2CCC(C(=O)O)CC2)c1. The van der Waals surface area contributed by atoms with Crippen molar-refractivity contribution >= 4 is 27.6 Å². The van der Waals surface area contributed by atoms with Gasteiger partial charge in [0.25, 0.3) is 5.91 Å². The molecular formula is C18H24N2O6S. The van der Waals surface area contributed by atoms with Gasteiger partial charge < -0.3 is 14.9 Å². The van der Waals surface area contributed by atoms with Crippen LogP contribution in [0.25, 0.3) is 0 Å². The molecule has 0 aromatic heterocycles. The zero-order chi connectivity index (χ0) is 20.2. The summed E-state index contributed by atoms with van der Waals surface area (Å²) in [4.78, 5) is 38.8.